The summed E-state index contributed by atoms with van der Waals surface area (Å²) >= 11 is 0. The average Bonchev–Trinajstić information content (AvgIpc) is 3.06. The Morgan fingerprint density at radius 3 is 2.58 bits per heavy atom. The lowest BCUT2D eigenvalue weighted by Crippen LogP contribution is -2.29. The maximum absolute atomic E-state index is 13.7. The highest BCUT2D eigenvalue weighted by atomic mass is 19.1. The van der Waals surface area contributed by atoms with Crippen LogP contribution >= 0.6 is 0 Å². The summed E-state index contributed by atoms with van der Waals surface area (Å²) in [4.78, 5) is 14.3. The van der Waals surface area contributed by atoms with Crippen LogP contribution in [-0.2, 0) is 13.0 Å². The van der Waals surface area contributed by atoms with Crippen LogP contribution in [0.5, 0.6) is 0 Å². The van der Waals surface area contributed by atoms with Gasteiger partial charge in [-0.25, -0.2) is 4.39 Å². The van der Waals surface area contributed by atoms with Gasteiger partial charge in [0.15, 0.2) is 0 Å². The number of hydrogen-bond acceptors (Lipinski definition) is 2. The Balaban J connectivity index is 1.61. The van der Waals surface area contributed by atoms with Crippen LogP contribution < -0.4 is 0 Å². The Kier molecular flexibility index (Phi) is 4.95. The summed E-state index contributed by atoms with van der Waals surface area (Å²) in [6.07, 6.45) is 1.87. The van der Waals surface area contributed by atoms with Crippen molar-refractivity contribution in [3.63, 3.8) is 0 Å². The summed E-state index contributed by atoms with van der Waals surface area (Å²) in [5.41, 5.74) is 3.10. The monoisotopic (exact) mass is 327 g/mol. The van der Waals surface area contributed by atoms with E-state index in [0.29, 0.717) is 30.1 Å². The molecule has 2 aromatic rings. The molecule has 2 aromatic carbocycles. The third-order valence-electron chi connectivity index (χ3n) is 4.72. The van der Waals surface area contributed by atoms with Gasteiger partial charge in [0.05, 0.1) is 6.61 Å². The highest BCUT2D eigenvalue weighted by molar-refractivity contribution is 5.94. The van der Waals surface area contributed by atoms with Crippen molar-refractivity contribution in [2.24, 2.45) is 5.92 Å². The predicted molar refractivity (Wildman–Crippen MR) is 91.2 cm³/mol. The van der Waals surface area contributed by atoms with Crippen LogP contribution in [0.1, 0.15) is 33.5 Å². The molecule has 1 amide bonds. The van der Waals surface area contributed by atoms with Gasteiger partial charge in [0, 0.05) is 18.7 Å². The number of aliphatic hydroxyl groups is 1. The summed E-state index contributed by atoms with van der Waals surface area (Å²) < 4.78 is 13.7. The fourth-order valence-corrected chi connectivity index (χ4v) is 3.21. The second-order valence-corrected chi connectivity index (χ2v) is 6.55. The van der Waals surface area contributed by atoms with Crippen LogP contribution in [0.25, 0.3) is 0 Å². The van der Waals surface area contributed by atoms with Gasteiger partial charge in [0.2, 0.25) is 0 Å². The van der Waals surface area contributed by atoms with E-state index in [0.717, 1.165) is 18.4 Å². The van der Waals surface area contributed by atoms with Gasteiger partial charge in [0.1, 0.15) is 5.82 Å². The highest BCUT2D eigenvalue weighted by Crippen LogP contribution is 2.23. The van der Waals surface area contributed by atoms with Crippen molar-refractivity contribution in [1.29, 1.82) is 0 Å². The Hall–Kier alpha value is -2.20. The largest absolute Gasteiger partial charge is 0.392 e. The smallest absolute Gasteiger partial charge is 0.253 e. The number of likely N-dealkylation sites (tertiary alicyclic amines) is 1. The van der Waals surface area contributed by atoms with E-state index in [-0.39, 0.29) is 18.3 Å². The molecule has 3 nitrogen and oxygen atoms in total. The second kappa shape index (κ2) is 7.14. The van der Waals surface area contributed by atoms with Crippen LogP contribution in [0, 0.1) is 18.7 Å². The zero-order valence-electron chi connectivity index (χ0n) is 13.8. The molecule has 1 aliphatic heterocycles. The second-order valence-electron chi connectivity index (χ2n) is 6.55. The zero-order chi connectivity index (χ0) is 17.1. The molecular formula is C20H22FNO2. The van der Waals surface area contributed by atoms with Gasteiger partial charge in [-0.3, -0.25) is 4.79 Å². The number of hydrogen-bond donors (Lipinski definition) is 1. The number of halogens is 1. The molecule has 0 bridgehead atoms. The maximum atomic E-state index is 13.7. The Bertz CT molecular complexity index is 727. The average molecular weight is 327 g/mol. The Morgan fingerprint density at radius 2 is 1.92 bits per heavy atom. The third-order valence-corrected chi connectivity index (χ3v) is 4.72. The van der Waals surface area contributed by atoms with Crippen molar-refractivity contribution >= 4 is 5.91 Å². The number of rotatable bonds is 4. The molecule has 0 radical (unpaired) electrons. The molecule has 1 N–H and O–H groups in total. The molecule has 0 aliphatic carbocycles. The number of aryl methyl sites for hydroxylation is 1. The zero-order valence-corrected chi connectivity index (χ0v) is 13.8. The molecule has 126 valence electrons. The van der Waals surface area contributed by atoms with Crippen LogP contribution in [0.2, 0.25) is 0 Å². The van der Waals surface area contributed by atoms with Crippen molar-refractivity contribution in [3.05, 3.63) is 70.5 Å². The van der Waals surface area contributed by atoms with Crippen molar-refractivity contribution in [2.45, 2.75) is 26.4 Å². The lowest BCUT2D eigenvalue weighted by atomic mass is 9.98. The molecule has 0 saturated carbocycles. The summed E-state index contributed by atoms with van der Waals surface area (Å²) in [6.45, 7) is 3.17. The Labute approximate surface area is 141 Å². The van der Waals surface area contributed by atoms with E-state index in [2.05, 4.69) is 0 Å². The third kappa shape index (κ3) is 3.65. The molecule has 1 heterocycles. The van der Waals surface area contributed by atoms with Gasteiger partial charge in [-0.2, -0.15) is 0 Å². The van der Waals surface area contributed by atoms with E-state index in [1.54, 1.807) is 19.1 Å². The fourth-order valence-electron chi connectivity index (χ4n) is 3.21. The van der Waals surface area contributed by atoms with Gasteiger partial charge in [-0.1, -0.05) is 30.3 Å². The summed E-state index contributed by atoms with van der Waals surface area (Å²) in [5.74, 6) is -0.00294. The molecule has 1 aliphatic rings. The van der Waals surface area contributed by atoms with Crippen molar-refractivity contribution in [1.82, 2.24) is 4.90 Å². The van der Waals surface area contributed by atoms with Gasteiger partial charge in [0.25, 0.3) is 5.91 Å². The lowest BCUT2D eigenvalue weighted by molar-refractivity contribution is 0.0786. The fraction of sp³-hybridized carbons (Fsp3) is 0.350. The number of carbonyl (C=O) groups excluding carboxylic acids is 1. The van der Waals surface area contributed by atoms with E-state index in [1.807, 2.05) is 29.2 Å². The van der Waals surface area contributed by atoms with Crippen LogP contribution in [0.3, 0.4) is 0 Å². The van der Waals surface area contributed by atoms with E-state index >= 15 is 0 Å². The van der Waals surface area contributed by atoms with Gasteiger partial charge in [-0.05, 0) is 54.5 Å². The minimum absolute atomic E-state index is 0.0547. The quantitative estimate of drug-likeness (QED) is 0.936. The summed E-state index contributed by atoms with van der Waals surface area (Å²) in [7, 11) is 0. The molecule has 0 spiro atoms. The van der Waals surface area contributed by atoms with E-state index < -0.39 is 0 Å². The van der Waals surface area contributed by atoms with Crippen LogP contribution in [0.15, 0.2) is 42.5 Å². The maximum Gasteiger partial charge on any atom is 0.253 e. The number of benzene rings is 2. The van der Waals surface area contributed by atoms with Crippen molar-refractivity contribution < 1.29 is 14.3 Å². The van der Waals surface area contributed by atoms with Gasteiger partial charge in [-0.15, -0.1) is 0 Å². The first-order chi connectivity index (χ1) is 11.6. The lowest BCUT2D eigenvalue weighted by Gasteiger charge is -2.17. The first-order valence-corrected chi connectivity index (χ1v) is 8.31. The number of amides is 1. The Morgan fingerprint density at radius 1 is 1.21 bits per heavy atom. The van der Waals surface area contributed by atoms with E-state index in [4.69, 9.17) is 5.11 Å². The molecule has 1 atom stereocenters. The van der Waals surface area contributed by atoms with Crippen LogP contribution in [-0.4, -0.2) is 29.0 Å². The topological polar surface area (TPSA) is 40.5 Å². The standard InChI is InChI=1S/C20H22FNO2/c1-14-2-7-18(11-19(14)21)20(24)22-9-8-17(12-22)10-15-3-5-16(13-23)6-4-15/h2-7,11,17,23H,8-10,12-13H2,1H3. The molecule has 1 fully saturated rings. The van der Waals surface area contributed by atoms with Crippen LogP contribution in [0.4, 0.5) is 4.39 Å². The normalized spacial score (nSPS) is 17.3. The minimum atomic E-state index is -0.333. The van der Waals surface area contributed by atoms with Gasteiger partial charge < -0.3 is 10.0 Å². The van der Waals surface area contributed by atoms with E-state index in [1.165, 1.54) is 11.6 Å². The number of aliphatic hydroxyl groups excluding tert-OH is 1. The first kappa shape index (κ1) is 16.7. The predicted octanol–water partition coefficient (Wildman–Crippen LogP) is 3.33. The minimum Gasteiger partial charge on any atom is -0.392 e. The molecule has 0 aromatic heterocycles. The first-order valence-electron chi connectivity index (χ1n) is 8.31. The molecular weight excluding hydrogens is 305 g/mol. The van der Waals surface area contributed by atoms with Crippen molar-refractivity contribution in [3.8, 4) is 0 Å². The SMILES string of the molecule is Cc1ccc(C(=O)N2CCC(Cc3ccc(CO)cc3)C2)cc1F. The number of nitrogens with zero attached hydrogens (tertiary/aromatic N) is 1. The van der Waals surface area contributed by atoms with E-state index in [9.17, 15) is 9.18 Å². The molecule has 1 unspecified atom stereocenters. The van der Waals surface area contributed by atoms with Gasteiger partial charge >= 0.3 is 0 Å². The van der Waals surface area contributed by atoms with Crippen molar-refractivity contribution in [2.75, 3.05) is 13.1 Å². The molecule has 4 heteroatoms. The molecule has 1 saturated heterocycles. The summed E-state index contributed by atoms with van der Waals surface area (Å²) in [6, 6.07) is 12.6. The summed E-state index contributed by atoms with van der Waals surface area (Å²) in [5, 5.41) is 9.08. The molecule has 3 rings (SSSR count). The highest BCUT2D eigenvalue weighted by Gasteiger charge is 2.27. The molecule has 24 heavy (non-hydrogen) atoms. The number of carbonyl (C=O) groups is 1.